The van der Waals surface area contributed by atoms with Gasteiger partial charge in [-0.3, -0.25) is 0 Å². The molecule has 0 heterocycles. The minimum atomic E-state index is 0.735. The predicted molar refractivity (Wildman–Crippen MR) is 83.3 cm³/mol. The number of nitriles is 1. The predicted octanol–water partition coefficient (Wildman–Crippen LogP) is 4.78. The highest BCUT2D eigenvalue weighted by atomic mass is 127. The number of hydrogen-bond donors (Lipinski definition) is 0. The van der Waals surface area contributed by atoms with Crippen molar-refractivity contribution in [2.24, 2.45) is 0 Å². The maximum atomic E-state index is 9.16. The van der Waals surface area contributed by atoms with E-state index in [1.54, 1.807) is 0 Å². The van der Waals surface area contributed by atoms with Crippen LogP contribution in [0.5, 0.6) is 0 Å². The molecule has 0 unspecified atom stereocenters. The fraction of sp³-hybridized carbons (Fsp3) is 0.188. The molecule has 0 aliphatic rings. The summed E-state index contributed by atoms with van der Waals surface area (Å²) in [6.07, 6.45) is 2.26. The van der Waals surface area contributed by atoms with Gasteiger partial charge < -0.3 is 0 Å². The summed E-state index contributed by atoms with van der Waals surface area (Å²) in [6.45, 7) is 2.19. The van der Waals surface area contributed by atoms with Gasteiger partial charge in [0.05, 0.1) is 11.6 Å². The Morgan fingerprint density at radius 2 is 1.89 bits per heavy atom. The van der Waals surface area contributed by atoms with Gasteiger partial charge in [-0.15, -0.1) is 0 Å². The summed E-state index contributed by atoms with van der Waals surface area (Å²) in [5, 5.41) is 9.16. The van der Waals surface area contributed by atoms with E-state index in [-0.39, 0.29) is 0 Å². The lowest BCUT2D eigenvalue weighted by Gasteiger charge is -2.08. The number of benzene rings is 2. The lowest BCUT2D eigenvalue weighted by atomic mass is 9.98. The minimum Gasteiger partial charge on any atom is -0.192 e. The van der Waals surface area contributed by atoms with E-state index < -0.39 is 0 Å². The molecule has 0 aliphatic heterocycles. The average molecular weight is 347 g/mol. The van der Waals surface area contributed by atoms with Crippen LogP contribution in [0, 0.1) is 14.9 Å². The standard InChI is InChI=1S/C16H14IN/c1-2-5-12-8-9-15(16(17)10-12)14-7-4-3-6-13(14)11-18/h3-4,6-10H,2,5H2,1H3. The Labute approximate surface area is 122 Å². The van der Waals surface area contributed by atoms with E-state index >= 15 is 0 Å². The highest BCUT2D eigenvalue weighted by Crippen LogP contribution is 2.29. The lowest BCUT2D eigenvalue weighted by Crippen LogP contribution is -1.90. The summed E-state index contributed by atoms with van der Waals surface area (Å²) < 4.78 is 1.21. The van der Waals surface area contributed by atoms with Crippen LogP contribution in [0.1, 0.15) is 24.5 Å². The zero-order valence-corrected chi connectivity index (χ0v) is 12.4. The van der Waals surface area contributed by atoms with Crippen LogP contribution in [0.2, 0.25) is 0 Å². The third kappa shape index (κ3) is 2.73. The molecule has 2 aromatic rings. The molecule has 18 heavy (non-hydrogen) atoms. The molecule has 0 saturated carbocycles. The zero-order valence-electron chi connectivity index (χ0n) is 10.3. The van der Waals surface area contributed by atoms with Gasteiger partial charge in [0.1, 0.15) is 0 Å². The van der Waals surface area contributed by atoms with Gasteiger partial charge in [0.2, 0.25) is 0 Å². The maximum absolute atomic E-state index is 9.16. The van der Waals surface area contributed by atoms with Crippen molar-refractivity contribution >= 4 is 22.6 Å². The van der Waals surface area contributed by atoms with E-state index in [9.17, 15) is 0 Å². The Hall–Kier alpha value is -1.34. The molecule has 0 fully saturated rings. The SMILES string of the molecule is CCCc1ccc(-c2ccccc2C#N)c(I)c1. The van der Waals surface area contributed by atoms with Crippen LogP contribution in [0.15, 0.2) is 42.5 Å². The van der Waals surface area contributed by atoms with Crippen molar-refractivity contribution in [2.75, 3.05) is 0 Å². The van der Waals surface area contributed by atoms with Gasteiger partial charge in [-0.2, -0.15) is 5.26 Å². The third-order valence-electron chi connectivity index (χ3n) is 2.91. The van der Waals surface area contributed by atoms with Crippen molar-refractivity contribution in [3.63, 3.8) is 0 Å². The smallest absolute Gasteiger partial charge is 0.0998 e. The van der Waals surface area contributed by atoms with Crippen LogP contribution >= 0.6 is 22.6 Å². The van der Waals surface area contributed by atoms with Gasteiger partial charge in [-0.25, -0.2) is 0 Å². The summed E-state index contributed by atoms with van der Waals surface area (Å²) in [5.74, 6) is 0. The average Bonchev–Trinajstić information content (AvgIpc) is 2.39. The van der Waals surface area contributed by atoms with Crippen molar-refractivity contribution in [3.05, 3.63) is 57.2 Å². The van der Waals surface area contributed by atoms with Crippen LogP contribution in [-0.2, 0) is 6.42 Å². The molecule has 2 heteroatoms. The summed E-state index contributed by atoms with van der Waals surface area (Å²) >= 11 is 2.35. The van der Waals surface area contributed by atoms with Crippen molar-refractivity contribution in [2.45, 2.75) is 19.8 Å². The van der Waals surface area contributed by atoms with Gasteiger partial charge in [0, 0.05) is 9.13 Å². The first-order chi connectivity index (χ1) is 8.76. The Kier molecular flexibility index (Phi) is 4.38. The molecule has 0 bridgehead atoms. The van der Waals surface area contributed by atoms with E-state index in [2.05, 4.69) is 53.8 Å². The Morgan fingerprint density at radius 3 is 2.56 bits per heavy atom. The molecule has 90 valence electrons. The quantitative estimate of drug-likeness (QED) is 0.733. The third-order valence-corrected chi connectivity index (χ3v) is 3.80. The topological polar surface area (TPSA) is 23.8 Å². The van der Waals surface area contributed by atoms with Crippen LogP contribution in [0.25, 0.3) is 11.1 Å². The van der Waals surface area contributed by atoms with Crippen LogP contribution in [-0.4, -0.2) is 0 Å². The van der Waals surface area contributed by atoms with E-state index in [0.29, 0.717) is 0 Å². The fourth-order valence-corrected chi connectivity index (χ4v) is 2.91. The van der Waals surface area contributed by atoms with Crippen molar-refractivity contribution in [1.82, 2.24) is 0 Å². The van der Waals surface area contributed by atoms with E-state index in [0.717, 1.165) is 29.5 Å². The first-order valence-corrected chi connectivity index (χ1v) is 7.12. The normalized spacial score (nSPS) is 10.1. The van der Waals surface area contributed by atoms with E-state index in [1.807, 2.05) is 24.3 Å². The number of hydrogen-bond acceptors (Lipinski definition) is 1. The highest BCUT2D eigenvalue weighted by molar-refractivity contribution is 14.1. The fourth-order valence-electron chi connectivity index (χ4n) is 2.04. The van der Waals surface area contributed by atoms with Crippen LogP contribution in [0.4, 0.5) is 0 Å². The number of halogens is 1. The molecule has 0 aromatic heterocycles. The number of nitrogens with zero attached hydrogens (tertiary/aromatic N) is 1. The Bertz CT molecular complexity index is 596. The summed E-state index contributed by atoms with van der Waals surface area (Å²) in [6, 6.07) is 16.5. The molecule has 0 amide bonds. The van der Waals surface area contributed by atoms with E-state index in [1.165, 1.54) is 9.13 Å². The van der Waals surface area contributed by atoms with Gasteiger partial charge in [0.25, 0.3) is 0 Å². The number of rotatable bonds is 3. The molecule has 0 atom stereocenters. The first kappa shape index (κ1) is 13.1. The second kappa shape index (κ2) is 6.01. The monoisotopic (exact) mass is 347 g/mol. The lowest BCUT2D eigenvalue weighted by molar-refractivity contribution is 0.921. The Morgan fingerprint density at radius 1 is 1.11 bits per heavy atom. The maximum Gasteiger partial charge on any atom is 0.0998 e. The van der Waals surface area contributed by atoms with Gasteiger partial charge in [0.15, 0.2) is 0 Å². The van der Waals surface area contributed by atoms with Crippen molar-refractivity contribution < 1.29 is 0 Å². The minimum absolute atomic E-state index is 0.735. The number of aryl methyl sites for hydroxylation is 1. The molecule has 0 saturated heterocycles. The molecule has 0 N–H and O–H groups in total. The second-order valence-electron chi connectivity index (χ2n) is 4.22. The van der Waals surface area contributed by atoms with Crippen LogP contribution < -0.4 is 0 Å². The van der Waals surface area contributed by atoms with Gasteiger partial charge >= 0.3 is 0 Å². The molecule has 0 spiro atoms. The van der Waals surface area contributed by atoms with Crippen molar-refractivity contribution in [1.29, 1.82) is 5.26 Å². The Balaban J connectivity index is 2.49. The largest absolute Gasteiger partial charge is 0.192 e. The first-order valence-electron chi connectivity index (χ1n) is 6.04. The summed E-state index contributed by atoms with van der Waals surface area (Å²) in [4.78, 5) is 0. The zero-order chi connectivity index (χ0) is 13.0. The molecular weight excluding hydrogens is 333 g/mol. The molecular formula is C16H14IN. The molecule has 2 rings (SSSR count). The highest BCUT2D eigenvalue weighted by Gasteiger charge is 2.08. The summed E-state index contributed by atoms with van der Waals surface area (Å²) in [7, 11) is 0. The molecule has 0 aliphatic carbocycles. The van der Waals surface area contributed by atoms with Gasteiger partial charge in [-0.05, 0) is 52.3 Å². The van der Waals surface area contributed by atoms with Crippen molar-refractivity contribution in [3.8, 4) is 17.2 Å². The summed E-state index contributed by atoms with van der Waals surface area (Å²) in [5.41, 5.74) is 4.26. The van der Waals surface area contributed by atoms with Crippen LogP contribution in [0.3, 0.4) is 0 Å². The van der Waals surface area contributed by atoms with Gasteiger partial charge in [-0.1, -0.05) is 43.7 Å². The molecule has 2 aromatic carbocycles. The molecule has 1 nitrogen and oxygen atoms in total. The molecule has 0 radical (unpaired) electrons. The second-order valence-corrected chi connectivity index (χ2v) is 5.38. The van der Waals surface area contributed by atoms with E-state index in [4.69, 9.17) is 5.26 Å².